The van der Waals surface area contributed by atoms with Crippen molar-refractivity contribution >= 4 is 98.2 Å². The average molecular weight is 618 g/mol. The van der Waals surface area contributed by atoms with Crippen LogP contribution in [0.4, 0.5) is 0 Å². The van der Waals surface area contributed by atoms with E-state index >= 15 is 0 Å². The number of aromatic carboxylic acids is 2. The van der Waals surface area contributed by atoms with E-state index in [0.717, 1.165) is 0 Å². The molecule has 0 spiro atoms. The molecular formula is C14H6Br4N2O6. The summed E-state index contributed by atoms with van der Waals surface area (Å²) < 4.78 is 1.03. The maximum absolute atomic E-state index is 12.1. The molecule has 8 nitrogen and oxygen atoms in total. The predicted molar refractivity (Wildman–Crippen MR) is 106 cm³/mol. The summed E-state index contributed by atoms with van der Waals surface area (Å²) in [4.78, 5) is 47.6. The molecule has 0 heterocycles. The van der Waals surface area contributed by atoms with Crippen molar-refractivity contribution in [3.05, 3.63) is 40.1 Å². The van der Waals surface area contributed by atoms with Gasteiger partial charge in [-0.3, -0.25) is 9.59 Å². The normalized spacial score (nSPS) is 10.8. The van der Waals surface area contributed by atoms with Crippen molar-refractivity contribution in [1.29, 1.82) is 0 Å². The minimum Gasteiger partial charge on any atom is -0.478 e. The zero-order chi connectivity index (χ0) is 20.1. The van der Waals surface area contributed by atoms with Gasteiger partial charge in [-0.05, 0) is 63.7 Å². The van der Waals surface area contributed by atoms with E-state index in [-0.39, 0.29) is 19.7 Å². The number of carboxylic acids is 2. The van der Waals surface area contributed by atoms with E-state index in [1.807, 2.05) is 0 Å². The molecule has 0 unspecified atom stereocenters. The van der Waals surface area contributed by atoms with E-state index in [1.165, 1.54) is 0 Å². The van der Waals surface area contributed by atoms with E-state index in [2.05, 4.69) is 63.7 Å². The van der Waals surface area contributed by atoms with Crippen molar-refractivity contribution in [2.24, 2.45) is 11.5 Å². The molecule has 0 saturated carbocycles. The molecule has 6 N–H and O–H groups in total. The summed E-state index contributed by atoms with van der Waals surface area (Å²) in [6.07, 6.45) is 0. The third kappa shape index (κ3) is 3.04. The number of benzene rings is 2. The Hall–Kier alpha value is -1.50. The van der Waals surface area contributed by atoms with E-state index < -0.39 is 46.0 Å². The van der Waals surface area contributed by atoms with Gasteiger partial charge in [-0.15, -0.1) is 0 Å². The highest BCUT2D eigenvalue weighted by Gasteiger charge is 2.34. The fourth-order valence-corrected chi connectivity index (χ4v) is 5.04. The summed E-state index contributed by atoms with van der Waals surface area (Å²) in [5, 5.41) is 18.9. The van der Waals surface area contributed by atoms with Crippen molar-refractivity contribution in [2.75, 3.05) is 0 Å². The second-order valence-electron chi connectivity index (χ2n) is 4.84. The number of carbonyl (C=O) groups is 4. The molecule has 0 fully saturated rings. The Kier molecular flexibility index (Phi) is 5.80. The van der Waals surface area contributed by atoms with Gasteiger partial charge in [-0.25, -0.2) is 9.59 Å². The Balaban J connectivity index is 3.50. The molecule has 0 saturated heterocycles. The highest BCUT2D eigenvalue weighted by molar-refractivity contribution is 9.15. The summed E-state index contributed by atoms with van der Waals surface area (Å²) in [5.41, 5.74) is 7.70. The number of carboxylic acid groups (broad SMARTS) is 2. The maximum Gasteiger partial charge on any atom is 0.337 e. The minimum absolute atomic E-state index is 0.0735. The zero-order valence-corrected chi connectivity index (χ0v) is 18.5. The van der Waals surface area contributed by atoms with E-state index in [4.69, 9.17) is 11.5 Å². The first kappa shape index (κ1) is 20.8. The average Bonchev–Trinajstić information content (AvgIpc) is 2.54. The lowest BCUT2D eigenvalue weighted by atomic mass is 9.88. The fourth-order valence-electron chi connectivity index (χ4n) is 2.52. The third-order valence-electron chi connectivity index (χ3n) is 3.44. The van der Waals surface area contributed by atoms with Crippen LogP contribution in [0, 0.1) is 0 Å². The number of hydrogen-bond acceptors (Lipinski definition) is 4. The summed E-state index contributed by atoms with van der Waals surface area (Å²) in [5.74, 6) is -5.83. The maximum atomic E-state index is 12.1. The standard InChI is InChI=1S/C14H6Br4N2O6/c15-7-1-2(8(16)10(18)9(7)17)5(13(23)24)6(14(25)26)4(12(20)22)3(1)11(19)21/h(H2,19,21)(H2,20,22)(H,23,24)(H,25,26). The van der Waals surface area contributed by atoms with Crippen LogP contribution in [0.1, 0.15) is 41.4 Å². The van der Waals surface area contributed by atoms with Crippen molar-refractivity contribution in [3.8, 4) is 0 Å². The Labute approximate surface area is 178 Å². The van der Waals surface area contributed by atoms with Crippen molar-refractivity contribution in [2.45, 2.75) is 0 Å². The van der Waals surface area contributed by atoms with Crippen LogP contribution in [-0.2, 0) is 0 Å². The fraction of sp³-hybridized carbons (Fsp3) is 0. The Bertz CT molecular complexity index is 968. The number of fused-ring (bicyclic) bond motifs is 1. The van der Waals surface area contributed by atoms with Gasteiger partial charge in [0.1, 0.15) is 0 Å². The van der Waals surface area contributed by atoms with Crippen LogP contribution in [0.5, 0.6) is 0 Å². The second-order valence-corrected chi connectivity index (χ2v) is 8.02. The molecule has 2 aromatic carbocycles. The van der Waals surface area contributed by atoms with Crippen LogP contribution in [0.2, 0.25) is 0 Å². The van der Waals surface area contributed by atoms with Crippen molar-refractivity contribution < 1.29 is 29.4 Å². The Morgan fingerprint density at radius 2 is 0.923 bits per heavy atom. The van der Waals surface area contributed by atoms with Gasteiger partial charge in [0.05, 0.1) is 22.3 Å². The largest absolute Gasteiger partial charge is 0.478 e. The first-order valence-corrected chi connectivity index (χ1v) is 9.52. The van der Waals surface area contributed by atoms with Gasteiger partial charge in [0.25, 0.3) is 0 Å². The molecule has 136 valence electrons. The quantitative estimate of drug-likeness (QED) is 0.303. The second kappa shape index (κ2) is 7.25. The summed E-state index contributed by atoms with van der Waals surface area (Å²) in [6.45, 7) is 0. The van der Waals surface area contributed by atoms with E-state index in [9.17, 15) is 29.4 Å². The molecule has 2 amide bonds. The first-order chi connectivity index (χ1) is 11.9. The minimum atomic E-state index is -1.75. The van der Waals surface area contributed by atoms with Crippen LogP contribution < -0.4 is 11.5 Å². The first-order valence-electron chi connectivity index (χ1n) is 6.35. The third-order valence-corrected chi connectivity index (χ3v) is 8.21. The van der Waals surface area contributed by atoms with Crippen LogP contribution >= 0.6 is 63.7 Å². The van der Waals surface area contributed by atoms with Gasteiger partial charge in [0.2, 0.25) is 11.8 Å². The molecule has 12 heteroatoms. The summed E-state index contributed by atoms with van der Waals surface area (Å²) >= 11 is 12.9. The van der Waals surface area contributed by atoms with E-state index in [1.54, 1.807) is 0 Å². The molecule has 0 aliphatic carbocycles. The Morgan fingerprint density at radius 3 is 1.23 bits per heavy atom. The van der Waals surface area contributed by atoms with Gasteiger partial charge >= 0.3 is 11.9 Å². The lowest BCUT2D eigenvalue weighted by Crippen LogP contribution is -2.27. The van der Waals surface area contributed by atoms with E-state index in [0.29, 0.717) is 8.95 Å². The van der Waals surface area contributed by atoms with Crippen molar-refractivity contribution in [3.63, 3.8) is 0 Å². The molecule has 2 aromatic rings. The van der Waals surface area contributed by atoms with Gasteiger partial charge in [-0.1, -0.05) is 0 Å². The summed E-state index contributed by atoms with van der Waals surface area (Å²) in [7, 11) is 0. The number of hydrogen-bond donors (Lipinski definition) is 4. The number of halogens is 4. The van der Waals surface area contributed by atoms with Crippen LogP contribution in [0.15, 0.2) is 17.9 Å². The Morgan fingerprint density at radius 1 is 0.577 bits per heavy atom. The molecule has 0 bridgehead atoms. The molecular weight excluding hydrogens is 612 g/mol. The molecule has 0 aliphatic rings. The SMILES string of the molecule is NC(=O)c1c(C(=O)O)c(C(=O)O)c2c(Br)c(Br)c(Br)c(Br)c2c1C(N)=O. The van der Waals surface area contributed by atoms with Gasteiger partial charge in [0, 0.05) is 28.7 Å². The topological polar surface area (TPSA) is 161 Å². The molecule has 0 radical (unpaired) electrons. The smallest absolute Gasteiger partial charge is 0.337 e. The molecule has 2 rings (SSSR count). The number of carbonyl (C=O) groups excluding carboxylic acids is 2. The van der Waals surface area contributed by atoms with Crippen LogP contribution in [-0.4, -0.2) is 34.0 Å². The molecule has 0 aromatic heterocycles. The number of amides is 2. The number of rotatable bonds is 4. The lowest BCUT2D eigenvalue weighted by molar-refractivity contribution is 0.0651. The number of primary amides is 2. The highest BCUT2D eigenvalue weighted by atomic mass is 79.9. The van der Waals surface area contributed by atoms with Crippen molar-refractivity contribution in [1.82, 2.24) is 0 Å². The van der Waals surface area contributed by atoms with Gasteiger partial charge in [0.15, 0.2) is 0 Å². The van der Waals surface area contributed by atoms with Crippen LogP contribution in [0.3, 0.4) is 0 Å². The molecule has 0 aliphatic heterocycles. The highest BCUT2D eigenvalue weighted by Crippen LogP contribution is 2.47. The summed E-state index contributed by atoms with van der Waals surface area (Å²) in [6, 6.07) is 0. The molecule has 26 heavy (non-hydrogen) atoms. The monoisotopic (exact) mass is 614 g/mol. The predicted octanol–water partition coefficient (Wildman–Crippen LogP) is 3.48. The molecule has 0 atom stereocenters. The lowest BCUT2D eigenvalue weighted by Gasteiger charge is -2.19. The van der Waals surface area contributed by atoms with Crippen LogP contribution in [0.25, 0.3) is 10.8 Å². The number of nitrogens with two attached hydrogens (primary N) is 2. The van der Waals surface area contributed by atoms with Gasteiger partial charge in [-0.2, -0.15) is 0 Å². The van der Waals surface area contributed by atoms with Gasteiger partial charge < -0.3 is 21.7 Å². The zero-order valence-electron chi connectivity index (χ0n) is 12.2.